The second-order valence-corrected chi connectivity index (χ2v) is 19.5. The zero-order valence-corrected chi connectivity index (χ0v) is 46.5. The fourth-order valence-corrected chi connectivity index (χ4v) is 8.11. The van der Waals surface area contributed by atoms with Gasteiger partial charge in [-0.2, -0.15) is 0 Å². The lowest BCUT2D eigenvalue weighted by atomic mass is 10.1. The zero-order valence-electron chi connectivity index (χ0n) is 46.5. The highest BCUT2D eigenvalue weighted by atomic mass is 16.6. The Bertz CT molecular complexity index is 1410. The summed E-state index contributed by atoms with van der Waals surface area (Å²) in [6.07, 6.45) is 78.4. The van der Waals surface area contributed by atoms with Crippen molar-refractivity contribution >= 4 is 17.9 Å². The van der Waals surface area contributed by atoms with E-state index in [0.29, 0.717) is 19.3 Å². The number of ether oxygens (including phenoxy) is 3. The Labute approximate surface area is 438 Å². The lowest BCUT2D eigenvalue weighted by Gasteiger charge is -2.18. The quantitative estimate of drug-likeness (QED) is 0.0261. The summed E-state index contributed by atoms with van der Waals surface area (Å²) >= 11 is 0. The average molecular weight is 988 g/mol. The predicted molar refractivity (Wildman–Crippen MR) is 307 cm³/mol. The van der Waals surface area contributed by atoms with E-state index in [9.17, 15) is 14.4 Å². The molecule has 0 aromatic rings. The summed E-state index contributed by atoms with van der Waals surface area (Å²) in [5.41, 5.74) is 0. The summed E-state index contributed by atoms with van der Waals surface area (Å²) in [5.74, 6) is -0.992. The molecule has 0 amide bonds. The summed E-state index contributed by atoms with van der Waals surface area (Å²) < 4.78 is 16.8. The molecule has 71 heavy (non-hydrogen) atoms. The Morgan fingerprint density at radius 2 is 0.577 bits per heavy atom. The first-order valence-corrected chi connectivity index (χ1v) is 29.7. The Kier molecular flexibility index (Phi) is 55.9. The minimum absolute atomic E-state index is 0.104. The normalized spacial score (nSPS) is 12.8. The van der Waals surface area contributed by atoms with Crippen molar-refractivity contribution in [3.05, 3.63) is 97.2 Å². The predicted octanol–water partition coefficient (Wildman–Crippen LogP) is 20.1. The fourth-order valence-electron chi connectivity index (χ4n) is 8.11. The maximum atomic E-state index is 12.9. The van der Waals surface area contributed by atoms with E-state index < -0.39 is 6.10 Å². The molecule has 0 rings (SSSR count). The maximum absolute atomic E-state index is 12.9. The van der Waals surface area contributed by atoms with Crippen LogP contribution >= 0.6 is 0 Å². The van der Waals surface area contributed by atoms with Crippen LogP contribution in [0.1, 0.15) is 278 Å². The van der Waals surface area contributed by atoms with Crippen molar-refractivity contribution in [1.29, 1.82) is 0 Å². The molecule has 1 atom stereocenters. The molecule has 0 aliphatic heterocycles. The molecule has 0 aromatic carbocycles. The van der Waals surface area contributed by atoms with E-state index in [4.69, 9.17) is 14.2 Å². The number of allylic oxidation sites excluding steroid dienone is 16. The molecule has 6 nitrogen and oxygen atoms in total. The highest BCUT2D eigenvalue weighted by Gasteiger charge is 2.19. The molecule has 6 heteroatoms. The summed E-state index contributed by atoms with van der Waals surface area (Å²) in [4.78, 5) is 38.2. The van der Waals surface area contributed by atoms with E-state index in [1.165, 1.54) is 154 Å². The van der Waals surface area contributed by atoms with E-state index in [2.05, 4.69) is 112 Å². The minimum atomic E-state index is -0.812. The number of hydrogen-bond donors (Lipinski definition) is 0. The van der Waals surface area contributed by atoms with Crippen LogP contribution in [0, 0.1) is 0 Å². The van der Waals surface area contributed by atoms with Gasteiger partial charge in [0, 0.05) is 19.3 Å². The van der Waals surface area contributed by atoms with Crippen molar-refractivity contribution in [3.8, 4) is 0 Å². The van der Waals surface area contributed by atoms with Crippen LogP contribution in [-0.4, -0.2) is 37.2 Å². The summed E-state index contributed by atoms with van der Waals surface area (Å²) in [6.45, 7) is 6.43. The number of hydrogen-bond acceptors (Lipinski definition) is 6. The molecular formula is C65H110O6. The van der Waals surface area contributed by atoms with Gasteiger partial charge in [0.2, 0.25) is 0 Å². The van der Waals surface area contributed by atoms with Crippen molar-refractivity contribution in [3.63, 3.8) is 0 Å². The standard InChI is InChI=1S/C65H110O6/c1-4-7-10-13-16-19-22-25-27-29-31-32-34-35-37-40-43-46-49-52-55-58-64(67)70-61-62(60-69-63(66)57-54-51-48-45-42-39-24-21-18-15-12-9-6-3)71-65(68)59-56-53-50-47-44-41-38-36-33-30-28-26-23-20-17-14-11-8-5-2/h9,12,17-18,20-22,25-26,28-29,31,39,42,48,51,62H,4-8,10-11,13-16,19,23-24,27,30,32-38,40-41,43-47,49-50,52-61H2,1-3H3/b12-9-,20-17-,21-18-,25-22-,28-26-,31-29-,42-39-,51-48-. The molecular weight excluding hydrogens is 877 g/mol. The van der Waals surface area contributed by atoms with Crippen molar-refractivity contribution in [2.24, 2.45) is 0 Å². The molecule has 0 saturated heterocycles. The summed E-state index contributed by atoms with van der Waals surface area (Å²) in [7, 11) is 0. The van der Waals surface area contributed by atoms with Crippen molar-refractivity contribution in [2.45, 2.75) is 284 Å². The smallest absolute Gasteiger partial charge is 0.306 e. The van der Waals surface area contributed by atoms with E-state index in [0.717, 1.165) is 77.0 Å². The fraction of sp³-hybridized carbons (Fsp3) is 0.708. The van der Waals surface area contributed by atoms with Gasteiger partial charge in [-0.25, -0.2) is 0 Å². The molecule has 0 bridgehead atoms. The van der Waals surface area contributed by atoms with E-state index >= 15 is 0 Å². The topological polar surface area (TPSA) is 78.9 Å². The lowest BCUT2D eigenvalue weighted by molar-refractivity contribution is -0.166. The third-order valence-corrected chi connectivity index (χ3v) is 12.6. The molecule has 0 radical (unpaired) electrons. The highest BCUT2D eigenvalue weighted by Crippen LogP contribution is 2.15. The number of carbonyl (C=O) groups is 3. The minimum Gasteiger partial charge on any atom is -0.462 e. The van der Waals surface area contributed by atoms with Crippen LogP contribution in [0.25, 0.3) is 0 Å². The largest absolute Gasteiger partial charge is 0.462 e. The van der Waals surface area contributed by atoms with Crippen molar-refractivity contribution in [2.75, 3.05) is 13.2 Å². The first-order valence-electron chi connectivity index (χ1n) is 29.7. The monoisotopic (exact) mass is 987 g/mol. The maximum Gasteiger partial charge on any atom is 0.306 e. The number of unbranched alkanes of at least 4 members (excludes halogenated alkanes) is 26. The molecule has 0 heterocycles. The van der Waals surface area contributed by atoms with E-state index in [1.54, 1.807) is 0 Å². The van der Waals surface area contributed by atoms with Crippen LogP contribution in [0.5, 0.6) is 0 Å². The molecule has 0 aliphatic rings. The zero-order chi connectivity index (χ0) is 51.4. The molecule has 0 fully saturated rings. The van der Waals surface area contributed by atoms with Crippen LogP contribution in [0.4, 0.5) is 0 Å². The van der Waals surface area contributed by atoms with Crippen molar-refractivity contribution < 1.29 is 28.6 Å². The second-order valence-electron chi connectivity index (χ2n) is 19.5. The number of rotatable bonds is 53. The summed E-state index contributed by atoms with van der Waals surface area (Å²) in [6, 6.07) is 0. The van der Waals surface area contributed by atoms with Gasteiger partial charge < -0.3 is 14.2 Å². The van der Waals surface area contributed by atoms with Crippen molar-refractivity contribution in [1.82, 2.24) is 0 Å². The Morgan fingerprint density at radius 1 is 0.296 bits per heavy atom. The van der Waals surface area contributed by atoms with Gasteiger partial charge in [0.05, 0.1) is 0 Å². The SMILES string of the molecule is CC/C=C\C/C=C\C/C=C\C/C=C\CCC(=O)OCC(COC(=O)CCCCCCCCCCC/C=C\C/C=C\CCCCCCC)OC(=O)CCCCCCCCCCC/C=C\C/C=C\CCCCC. The Morgan fingerprint density at radius 3 is 0.972 bits per heavy atom. The number of esters is 3. The molecule has 0 saturated carbocycles. The van der Waals surface area contributed by atoms with Gasteiger partial charge in [-0.3, -0.25) is 14.4 Å². The van der Waals surface area contributed by atoms with E-state index in [-0.39, 0.29) is 37.5 Å². The van der Waals surface area contributed by atoms with Gasteiger partial charge in [-0.05, 0) is 109 Å². The van der Waals surface area contributed by atoms with Crippen LogP contribution in [0.2, 0.25) is 0 Å². The molecule has 0 N–H and O–H groups in total. The molecule has 0 aliphatic carbocycles. The van der Waals surface area contributed by atoms with Crippen LogP contribution in [0.15, 0.2) is 97.2 Å². The third kappa shape index (κ3) is 57.1. The first kappa shape index (κ1) is 67.3. The lowest BCUT2D eigenvalue weighted by Crippen LogP contribution is -2.30. The second kappa shape index (κ2) is 58.9. The van der Waals surface area contributed by atoms with Gasteiger partial charge in [0.15, 0.2) is 6.10 Å². The van der Waals surface area contributed by atoms with Gasteiger partial charge in [0.1, 0.15) is 13.2 Å². The number of carbonyl (C=O) groups excluding carboxylic acids is 3. The van der Waals surface area contributed by atoms with E-state index in [1.807, 2.05) is 6.08 Å². The van der Waals surface area contributed by atoms with Gasteiger partial charge in [-0.1, -0.05) is 246 Å². The molecule has 1 unspecified atom stereocenters. The van der Waals surface area contributed by atoms with Gasteiger partial charge in [0.25, 0.3) is 0 Å². The molecule has 0 spiro atoms. The third-order valence-electron chi connectivity index (χ3n) is 12.6. The first-order chi connectivity index (χ1) is 35.0. The van der Waals surface area contributed by atoms with Gasteiger partial charge in [-0.15, -0.1) is 0 Å². The molecule has 0 aromatic heterocycles. The van der Waals surface area contributed by atoms with Crippen LogP contribution < -0.4 is 0 Å². The van der Waals surface area contributed by atoms with Crippen LogP contribution in [0.3, 0.4) is 0 Å². The Hall–Kier alpha value is -3.67. The molecule has 406 valence electrons. The summed E-state index contributed by atoms with van der Waals surface area (Å²) in [5, 5.41) is 0. The van der Waals surface area contributed by atoms with Crippen LogP contribution in [-0.2, 0) is 28.6 Å². The average Bonchev–Trinajstić information content (AvgIpc) is 3.37. The highest BCUT2D eigenvalue weighted by molar-refractivity contribution is 5.71. The Balaban J connectivity index is 4.41. The van der Waals surface area contributed by atoms with Gasteiger partial charge >= 0.3 is 17.9 Å².